The molecule has 0 spiro atoms. The molecule has 1 heterocycles. The fourth-order valence-electron chi connectivity index (χ4n) is 0.747. The minimum absolute atomic E-state index is 0.347. The van der Waals surface area contributed by atoms with E-state index in [0.717, 1.165) is 0 Å². The van der Waals surface area contributed by atoms with Crippen molar-refractivity contribution < 1.29 is 5.11 Å². The molecule has 1 aromatic rings. The van der Waals surface area contributed by atoms with E-state index in [4.69, 9.17) is 6.42 Å². The maximum Gasteiger partial charge on any atom is 0.0845 e. The highest BCUT2D eigenvalue weighted by Crippen LogP contribution is 1.93. The molecule has 0 aliphatic carbocycles. The van der Waals surface area contributed by atoms with Crippen LogP contribution in [0.15, 0.2) is 12.4 Å². The van der Waals surface area contributed by atoms with Crippen molar-refractivity contribution in [1.29, 1.82) is 0 Å². The Morgan fingerprint density at radius 3 is 3.09 bits per heavy atom. The quantitative estimate of drug-likeness (QED) is 0.601. The summed E-state index contributed by atoms with van der Waals surface area (Å²) < 4.78 is 1.54. The third-order valence-electron chi connectivity index (χ3n) is 1.22. The molecule has 0 saturated heterocycles. The molecule has 0 bridgehead atoms. The third kappa shape index (κ3) is 2.40. The SMILES string of the molecule is C#CCC(O)Cn1ccnn1. The van der Waals surface area contributed by atoms with Gasteiger partial charge >= 0.3 is 0 Å². The van der Waals surface area contributed by atoms with E-state index in [9.17, 15) is 5.11 Å². The summed E-state index contributed by atoms with van der Waals surface area (Å²) in [5, 5.41) is 16.5. The lowest BCUT2D eigenvalue weighted by molar-refractivity contribution is 0.153. The van der Waals surface area contributed by atoms with Gasteiger partial charge in [-0.3, -0.25) is 0 Å². The van der Waals surface area contributed by atoms with Crippen LogP contribution >= 0.6 is 0 Å². The van der Waals surface area contributed by atoms with Crippen molar-refractivity contribution in [3.63, 3.8) is 0 Å². The Hall–Kier alpha value is -1.34. The minimum atomic E-state index is -0.526. The van der Waals surface area contributed by atoms with Crippen molar-refractivity contribution in [2.45, 2.75) is 19.1 Å². The molecule has 1 rings (SSSR count). The summed E-state index contributed by atoms with van der Waals surface area (Å²) in [6.07, 6.45) is 8.06. The molecule has 1 aromatic heterocycles. The molecule has 0 aliphatic heterocycles. The van der Waals surface area contributed by atoms with Gasteiger partial charge in [-0.15, -0.1) is 17.4 Å². The lowest BCUT2D eigenvalue weighted by Crippen LogP contribution is -2.15. The Morgan fingerprint density at radius 1 is 1.73 bits per heavy atom. The summed E-state index contributed by atoms with van der Waals surface area (Å²) >= 11 is 0. The highest BCUT2D eigenvalue weighted by molar-refractivity contribution is 4.86. The number of aliphatic hydroxyl groups excluding tert-OH is 1. The molecule has 0 fully saturated rings. The fourth-order valence-corrected chi connectivity index (χ4v) is 0.747. The molecule has 0 radical (unpaired) electrons. The van der Waals surface area contributed by atoms with E-state index in [1.165, 1.54) is 0 Å². The Labute approximate surface area is 64.8 Å². The molecule has 1 atom stereocenters. The first-order valence-electron chi connectivity index (χ1n) is 3.28. The molecular formula is C7H9N3O. The van der Waals surface area contributed by atoms with Gasteiger partial charge in [0.2, 0.25) is 0 Å². The van der Waals surface area contributed by atoms with Crippen LogP contribution in [0.2, 0.25) is 0 Å². The van der Waals surface area contributed by atoms with E-state index in [2.05, 4.69) is 16.2 Å². The summed E-state index contributed by atoms with van der Waals surface area (Å²) in [6.45, 7) is 0.407. The molecule has 58 valence electrons. The molecule has 0 saturated carbocycles. The second kappa shape index (κ2) is 3.74. The number of hydrogen-bond donors (Lipinski definition) is 1. The molecule has 0 aliphatic rings. The van der Waals surface area contributed by atoms with Gasteiger partial charge < -0.3 is 5.11 Å². The van der Waals surface area contributed by atoms with E-state index in [0.29, 0.717) is 13.0 Å². The van der Waals surface area contributed by atoms with E-state index in [1.807, 2.05) is 0 Å². The van der Waals surface area contributed by atoms with Crippen molar-refractivity contribution in [1.82, 2.24) is 15.0 Å². The maximum atomic E-state index is 9.19. The van der Waals surface area contributed by atoms with Crippen LogP contribution in [-0.4, -0.2) is 26.2 Å². The largest absolute Gasteiger partial charge is 0.390 e. The van der Waals surface area contributed by atoms with Gasteiger partial charge in [0.05, 0.1) is 18.8 Å². The lowest BCUT2D eigenvalue weighted by Gasteiger charge is -2.04. The zero-order chi connectivity index (χ0) is 8.10. The monoisotopic (exact) mass is 151 g/mol. The van der Waals surface area contributed by atoms with E-state index in [-0.39, 0.29) is 0 Å². The second-order valence-electron chi connectivity index (χ2n) is 2.19. The second-order valence-corrected chi connectivity index (χ2v) is 2.19. The van der Waals surface area contributed by atoms with Gasteiger partial charge in [0.1, 0.15) is 0 Å². The van der Waals surface area contributed by atoms with Crippen LogP contribution in [0, 0.1) is 12.3 Å². The van der Waals surface area contributed by atoms with E-state index >= 15 is 0 Å². The summed E-state index contributed by atoms with van der Waals surface area (Å²) in [5.74, 6) is 2.37. The molecule has 4 nitrogen and oxygen atoms in total. The molecule has 4 heteroatoms. The summed E-state index contributed by atoms with van der Waals surface area (Å²) in [7, 11) is 0. The predicted octanol–water partition coefficient (Wildman–Crippen LogP) is -0.338. The van der Waals surface area contributed by atoms with Crippen molar-refractivity contribution in [3.8, 4) is 12.3 Å². The summed E-state index contributed by atoms with van der Waals surface area (Å²) in [5.41, 5.74) is 0. The minimum Gasteiger partial charge on any atom is -0.390 e. The van der Waals surface area contributed by atoms with Crippen LogP contribution < -0.4 is 0 Å². The maximum absolute atomic E-state index is 9.19. The smallest absolute Gasteiger partial charge is 0.0845 e. The van der Waals surface area contributed by atoms with Gasteiger partial charge in [-0.1, -0.05) is 5.21 Å². The van der Waals surface area contributed by atoms with E-state index < -0.39 is 6.10 Å². The Bertz CT molecular complexity index is 237. The van der Waals surface area contributed by atoms with Crippen LogP contribution in [0.25, 0.3) is 0 Å². The standard InChI is InChI=1S/C7H9N3O/c1-2-3-7(11)6-10-5-4-8-9-10/h1,4-5,7,11H,3,6H2. The fraction of sp³-hybridized carbons (Fsp3) is 0.429. The van der Waals surface area contributed by atoms with Gasteiger partial charge in [0.15, 0.2) is 0 Å². The number of nitrogens with zero attached hydrogens (tertiary/aromatic N) is 3. The predicted molar refractivity (Wildman–Crippen MR) is 39.5 cm³/mol. The average molecular weight is 151 g/mol. The van der Waals surface area contributed by atoms with Gasteiger partial charge in [-0.05, 0) is 0 Å². The third-order valence-corrected chi connectivity index (χ3v) is 1.22. The molecule has 0 aromatic carbocycles. The number of hydrogen-bond acceptors (Lipinski definition) is 3. The highest BCUT2D eigenvalue weighted by atomic mass is 16.3. The first kappa shape index (κ1) is 7.76. The Kier molecular flexibility index (Phi) is 2.64. The van der Waals surface area contributed by atoms with Crippen molar-refractivity contribution >= 4 is 0 Å². The lowest BCUT2D eigenvalue weighted by atomic mass is 10.3. The summed E-state index contributed by atoms with van der Waals surface area (Å²) in [4.78, 5) is 0. The number of terminal acetylenes is 1. The van der Waals surface area contributed by atoms with Crippen molar-refractivity contribution in [2.24, 2.45) is 0 Å². The highest BCUT2D eigenvalue weighted by Gasteiger charge is 2.02. The van der Waals surface area contributed by atoms with Crippen LogP contribution in [0.3, 0.4) is 0 Å². The van der Waals surface area contributed by atoms with Gasteiger partial charge in [0, 0.05) is 12.6 Å². The zero-order valence-corrected chi connectivity index (χ0v) is 6.01. The van der Waals surface area contributed by atoms with Crippen LogP contribution in [-0.2, 0) is 6.54 Å². The average Bonchev–Trinajstić information content (AvgIpc) is 2.40. The van der Waals surface area contributed by atoms with Gasteiger partial charge in [-0.2, -0.15) is 0 Å². The first-order valence-corrected chi connectivity index (χ1v) is 3.28. The van der Waals surface area contributed by atoms with Crippen LogP contribution in [0.4, 0.5) is 0 Å². The van der Waals surface area contributed by atoms with Crippen LogP contribution in [0.1, 0.15) is 6.42 Å². The molecular weight excluding hydrogens is 142 g/mol. The van der Waals surface area contributed by atoms with Crippen LogP contribution in [0.5, 0.6) is 0 Å². The summed E-state index contributed by atoms with van der Waals surface area (Å²) in [6, 6.07) is 0. The molecule has 1 unspecified atom stereocenters. The Balaban J connectivity index is 2.38. The van der Waals surface area contributed by atoms with Crippen molar-refractivity contribution in [3.05, 3.63) is 12.4 Å². The zero-order valence-electron chi connectivity index (χ0n) is 6.01. The normalized spacial score (nSPS) is 12.4. The molecule has 1 N–H and O–H groups in total. The molecule has 0 amide bonds. The number of rotatable bonds is 3. The first-order chi connectivity index (χ1) is 5.33. The number of aromatic nitrogens is 3. The topological polar surface area (TPSA) is 50.9 Å². The Morgan fingerprint density at radius 2 is 2.55 bits per heavy atom. The van der Waals surface area contributed by atoms with Gasteiger partial charge in [-0.25, -0.2) is 4.68 Å². The van der Waals surface area contributed by atoms with Gasteiger partial charge in [0.25, 0.3) is 0 Å². The van der Waals surface area contributed by atoms with E-state index in [1.54, 1.807) is 17.1 Å². The number of aliphatic hydroxyl groups is 1. The van der Waals surface area contributed by atoms with Crippen molar-refractivity contribution in [2.75, 3.05) is 0 Å². The molecule has 11 heavy (non-hydrogen) atoms.